The van der Waals surface area contributed by atoms with Gasteiger partial charge in [0, 0.05) is 19.5 Å². The van der Waals surface area contributed by atoms with Gasteiger partial charge in [-0.2, -0.15) is 5.26 Å². The molecular formula is C19H21N9O3. The van der Waals surface area contributed by atoms with Crippen LogP contribution in [0.25, 0.3) is 5.57 Å². The molecule has 31 heavy (non-hydrogen) atoms. The van der Waals surface area contributed by atoms with Gasteiger partial charge in [-0.1, -0.05) is 0 Å². The van der Waals surface area contributed by atoms with E-state index in [1.807, 2.05) is 12.3 Å². The van der Waals surface area contributed by atoms with Crippen LogP contribution in [0, 0.1) is 11.3 Å². The lowest BCUT2D eigenvalue weighted by atomic mass is 10.1. The highest BCUT2D eigenvalue weighted by Crippen LogP contribution is 2.33. The average molecular weight is 423 g/mol. The predicted molar refractivity (Wildman–Crippen MR) is 111 cm³/mol. The molecule has 2 aliphatic heterocycles. The number of nitrogens with zero attached hydrogens (tertiary/aromatic N) is 8. The van der Waals surface area contributed by atoms with Gasteiger partial charge in [0.2, 0.25) is 0 Å². The number of amides is 2. The molecule has 160 valence electrons. The zero-order valence-corrected chi connectivity index (χ0v) is 16.8. The highest BCUT2D eigenvalue weighted by Gasteiger charge is 2.38. The number of aliphatic hydroxyl groups is 2. The zero-order chi connectivity index (χ0) is 22.0. The summed E-state index contributed by atoms with van der Waals surface area (Å²) in [6.07, 6.45) is 7.36. The average Bonchev–Trinajstić information content (AvgIpc) is 3.19. The van der Waals surface area contributed by atoms with Crippen LogP contribution >= 0.6 is 0 Å². The third-order valence-corrected chi connectivity index (χ3v) is 5.02. The van der Waals surface area contributed by atoms with Crippen molar-refractivity contribution in [3.05, 3.63) is 36.3 Å². The summed E-state index contributed by atoms with van der Waals surface area (Å²) < 4.78 is 1.53. The number of rotatable bonds is 6. The fourth-order valence-electron chi connectivity index (χ4n) is 3.50. The number of nitriles is 1. The standard InChI is InChI=1S/C19H21N9O3/c1-26-17-16(18(30)28(6-4-20)19(26)31)27(11-23-17)10-15(29)25-14-9-22-8-13(24-14)12-3-2-5-21-7-12/h5,7-9,11,15,18,29-30H,2-3,6,10H2,1H3,(H,24,25). The van der Waals surface area contributed by atoms with Crippen molar-refractivity contribution in [2.75, 3.05) is 23.8 Å². The Balaban J connectivity index is 1.51. The number of hydrogen-bond acceptors (Lipinski definition) is 9. The number of carbonyl (C=O) groups excluding carboxylic acids is 1. The SMILES string of the molecule is CN1C(=O)N(CC#N)C(O)c2c1ncn2CC(O)Nc1cncc(C2=CN=CCC2)n1. The number of urea groups is 1. The van der Waals surface area contributed by atoms with Gasteiger partial charge < -0.3 is 20.1 Å². The lowest BCUT2D eigenvalue weighted by Gasteiger charge is -2.35. The molecule has 0 aromatic carbocycles. The molecule has 2 amide bonds. The number of carbonyl (C=O) groups is 1. The number of fused-ring (bicyclic) bond motifs is 1. The van der Waals surface area contributed by atoms with Gasteiger partial charge in [0.05, 0.1) is 37.0 Å². The number of aliphatic imine (C=N–C) groups is 1. The summed E-state index contributed by atoms with van der Waals surface area (Å²) in [5.41, 5.74) is 1.95. The Morgan fingerprint density at radius 2 is 2.26 bits per heavy atom. The molecule has 2 aromatic heterocycles. The van der Waals surface area contributed by atoms with E-state index >= 15 is 0 Å². The minimum Gasteiger partial charge on any atom is -0.372 e. The summed E-state index contributed by atoms with van der Waals surface area (Å²) >= 11 is 0. The Kier molecular flexibility index (Phi) is 5.61. The van der Waals surface area contributed by atoms with Gasteiger partial charge in [-0.25, -0.2) is 14.8 Å². The van der Waals surface area contributed by atoms with Crippen LogP contribution in [0.5, 0.6) is 0 Å². The van der Waals surface area contributed by atoms with Crippen LogP contribution in [0.2, 0.25) is 0 Å². The van der Waals surface area contributed by atoms with Gasteiger partial charge in [0.25, 0.3) is 0 Å². The third kappa shape index (κ3) is 3.96. The molecule has 2 aliphatic rings. The molecule has 0 radical (unpaired) electrons. The van der Waals surface area contributed by atoms with Crippen molar-refractivity contribution in [1.29, 1.82) is 5.26 Å². The van der Waals surface area contributed by atoms with Crippen molar-refractivity contribution in [1.82, 2.24) is 24.4 Å². The largest absolute Gasteiger partial charge is 0.372 e. The maximum Gasteiger partial charge on any atom is 0.328 e. The van der Waals surface area contributed by atoms with Gasteiger partial charge in [-0.05, 0) is 18.4 Å². The fraction of sp³-hybridized carbons (Fsp3) is 0.368. The van der Waals surface area contributed by atoms with E-state index in [0.717, 1.165) is 23.3 Å². The summed E-state index contributed by atoms with van der Waals surface area (Å²) in [5.74, 6) is 0.652. The van der Waals surface area contributed by atoms with E-state index in [4.69, 9.17) is 5.26 Å². The number of nitrogens with one attached hydrogen (secondary N) is 1. The van der Waals surface area contributed by atoms with E-state index < -0.39 is 18.5 Å². The fourth-order valence-corrected chi connectivity index (χ4v) is 3.50. The summed E-state index contributed by atoms with van der Waals surface area (Å²) in [7, 11) is 1.51. The number of allylic oxidation sites excluding steroid dienone is 1. The summed E-state index contributed by atoms with van der Waals surface area (Å²) in [6.45, 7) is -0.265. The van der Waals surface area contributed by atoms with Gasteiger partial charge in [0.1, 0.15) is 24.3 Å². The second-order valence-corrected chi connectivity index (χ2v) is 7.08. The molecule has 2 unspecified atom stereocenters. The van der Waals surface area contributed by atoms with Crippen molar-refractivity contribution < 1.29 is 15.0 Å². The van der Waals surface area contributed by atoms with Crippen molar-refractivity contribution in [2.24, 2.45) is 4.99 Å². The summed E-state index contributed by atoms with van der Waals surface area (Å²) in [4.78, 5) is 31.6. The molecule has 4 rings (SSSR count). The first-order valence-electron chi connectivity index (χ1n) is 9.61. The summed E-state index contributed by atoms with van der Waals surface area (Å²) in [6, 6.07) is 1.34. The lowest BCUT2D eigenvalue weighted by molar-refractivity contribution is 0.0282. The van der Waals surface area contributed by atoms with Crippen LogP contribution in [-0.4, -0.2) is 66.7 Å². The molecule has 4 heterocycles. The van der Waals surface area contributed by atoms with Crippen molar-refractivity contribution in [2.45, 2.75) is 31.8 Å². The molecule has 3 N–H and O–H groups in total. The van der Waals surface area contributed by atoms with E-state index in [1.54, 1.807) is 12.4 Å². The number of imidazole rings is 1. The van der Waals surface area contributed by atoms with E-state index in [1.165, 1.54) is 29.0 Å². The minimum atomic E-state index is -1.35. The van der Waals surface area contributed by atoms with E-state index in [9.17, 15) is 15.0 Å². The predicted octanol–water partition coefficient (Wildman–Crippen LogP) is 0.695. The molecule has 0 saturated heterocycles. The van der Waals surface area contributed by atoms with Crippen LogP contribution in [0.3, 0.4) is 0 Å². The van der Waals surface area contributed by atoms with Crippen molar-refractivity contribution in [3.8, 4) is 6.07 Å². The monoisotopic (exact) mass is 423 g/mol. The first-order valence-corrected chi connectivity index (χ1v) is 9.61. The highest BCUT2D eigenvalue weighted by molar-refractivity contribution is 5.93. The molecule has 2 aromatic rings. The quantitative estimate of drug-likeness (QED) is 0.453. The topological polar surface area (TPSA) is 156 Å². The smallest absolute Gasteiger partial charge is 0.328 e. The number of hydrogen-bond donors (Lipinski definition) is 3. The van der Waals surface area contributed by atoms with Crippen LogP contribution in [0.1, 0.15) is 30.5 Å². The Labute approximate surface area is 177 Å². The molecule has 0 fully saturated rings. The Bertz CT molecular complexity index is 1090. The molecule has 2 atom stereocenters. The minimum absolute atomic E-state index is 0.0146. The summed E-state index contributed by atoms with van der Waals surface area (Å²) in [5, 5.41) is 33.0. The van der Waals surface area contributed by atoms with E-state index in [2.05, 4.69) is 25.3 Å². The van der Waals surface area contributed by atoms with Gasteiger partial charge in [0.15, 0.2) is 12.0 Å². The van der Waals surface area contributed by atoms with Gasteiger partial charge >= 0.3 is 6.03 Å². The maximum atomic E-state index is 12.3. The van der Waals surface area contributed by atoms with Crippen molar-refractivity contribution in [3.63, 3.8) is 0 Å². The maximum absolute atomic E-state index is 12.3. The third-order valence-electron chi connectivity index (χ3n) is 5.02. The Hall–Kier alpha value is -3.82. The molecule has 12 heteroatoms. The molecule has 0 saturated carbocycles. The van der Waals surface area contributed by atoms with Crippen LogP contribution in [0.15, 0.2) is 29.9 Å². The van der Waals surface area contributed by atoms with Crippen molar-refractivity contribution >= 4 is 29.5 Å². The second-order valence-electron chi connectivity index (χ2n) is 7.08. The normalized spacial score (nSPS) is 19.0. The Morgan fingerprint density at radius 1 is 1.42 bits per heavy atom. The van der Waals surface area contributed by atoms with E-state index in [-0.39, 0.29) is 18.9 Å². The zero-order valence-electron chi connectivity index (χ0n) is 16.8. The first-order chi connectivity index (χ1) is 15.0. The van der Waals surface area contributed by atoms with Crippen LogP contribution in [0.4, 0.5) is 16.4 Å². The van der Waals surface area contributed by atoms with Crippen LogP contribution in [-0.2, 0) is 6.54 Å². The molecule has 0 spiro atoms. The number of aliphatic hydroxyl groups excluding tert-OH is 2. The lowest BCUT2D eigenvalue weighted by Crippen LogP contribution is -2.48. The number of aromatic nitrogens is 4. The first kappa shape index (κ1) is 20.5. The highest BCUT2D eigenvalue weighted by atomic mass is 16.3. The van der Waals surface area contributed by atoms with Crippen LogP contribution < -0.4 is 10.2 Å². The molecular weight excluding hydrogens is 402 g/mol. The molecule has 0 aliphatic carbocycles. The van der Waals surface area contributed by atoms with E-state index in [0.29, 0.717) is 17.2 Å². The number of anilines is 2. The molecule has 0 bridgehead atoms. The van der Waals surface area contributed by atoms with Gasteiger partial charge in [-0.15, -0.1) is 0 Å². The van der Waals surface area contributed by atoms with Gasteiger partial charge in [-0.3, -0.25) is 19.8 Å². The molecule has 12 nitrogen and oxygen atoms in total. The second kappa shape index (κ2) is 8.50. The Morgan fingerprint density at radius 3 is 3.00 bits per heavy atom.